The molecule has 224 valence electrons. The lowest BCUT2D eigenvalue weighted by atomic mass is 9.66. The average molecular weight is 559 g/mol. The Bertz CT molecular complexity index is 903. The number of carbonyl (C=O) groups is 3. The summed E-state index contributed by atoms with van der Waals surface area (Å²) in [5.41, 5.74) is 0.331. The first-order valence-corrected chi connectivity index (χ1v) is 15.4. The van der Waals surface area contributed by atoms with Gasteiger partial charge < -0.3 is 24.4 Å². The molecule has 0 amide bonds. The predicted molar refractivity (Wildman–Crippen MR) is 156 cm³/mol. The number of hydrogen-bond acceptors (Lipinski definition) is 8. The van der Waals surface area contributed by atoms with Crippen LogP contribution in [0, 0.1) is 17.8 Å². The number of rotatable bonds is 14. The summed E-state index contributed by atoms with van der Waals surface area (Å²) in [6.07, 6.45) is 9.29. The SMILES string of the molecule is CCOC(=O)C(CCC1(CCN2CCC(Nc3ccc(C)cc3)CC2)CCCCC1)(C(=O)OCC)C(=O)OCC. The normalized spacial score (nSPS) is 18.1. The van der Waals surface area contributed by atoms with Crippen LogP contribution in [-0.4, -0.2) is 68.3 Å². The molecule has 8 heteroatoms. The Morgan fingerprint density at radius 2 is 1.38 bits per heavy atom. The zero-order valence-electron chi connectivity index (χ0n) is 25.1. The van der Waals surface area contributed by atoms with Crippen molar-refractivity contribution in [1.82, 2.24) is 4.90 Å². The lowest BCUT2D eigenvalue weighted by Gasteiger charge is -2.42. The van der Waals surface area contributed by atoms with E-state index in [9.17, 15) is 14.4 Å². The van der Waals surface area contributed by atoms with E-state index in [1.165, 1.54) is 17.7 Å². The highest BCUT2D eigenvalue weighted by Gasteiger charge is 2.58. The maximum absolute atomic E-state index is 13.2. The van der Waals surface area contributed by atoms with Gasteiger partial charge in [-0.2, -0.15) is 0 Å². The van der Waals surface area contributed by atoms with Crippen LogP contribution in [0.3, 0.4) is 0 Å². The molecule has 0 radical (unpaired) electrons. The summed E-state index contributed by atoms with van der Waals surface area (Å²) in [5, 5.41) is 3.68. The molecule has 1 aliphatic heterocycles. The molecule has 1 aromatic rings. The fourth-order valence-electron chi connectivity index (χ4n) is 6.28. The Balaban J connectivity index is 1.66. The number of nitrogens with one attached hydrogen (secondary N) is 1. The molecule has 8 nitrogen and oxygen atoms in total. The van der Waals surface area contributed by atoms with Crippen LogP contribution in [-0.2, 0) is 28.6 Å². The number of carbonyl (C=O) groups excluding carboxylic acids is 3. The summed E-state index contributed by atoms with van der Waals surface area (Å²) < 4.78 is 15.8. The van der Waals surface area contributed by atoms with Crippen LogP contribution in [0.2, 0.25) is 0 Å². The second kappa shape index (κ2) is 15.4. The van der Waals surface area contributed by atoms with Gasteiger partial charge in [0.15, 0.2) is 0 Å². The highest BCUT2D eigenvalue weighted by atomic mass is 16.6. The largest absolute Gasteiger partial charge is 0.465 e. The molecule has 1 N–H and O–H groups in total. The van der Waals surface area contributed by atoms with Gasteiger partial charge in [-0.15, -0.1) is 0 Å². The van der Waals surface area contributed by atoms with Crippen LogP contribution in [0.15, 0.2) is 24.3 Å². The van der Waals surface area contributed by atoms with E-state index in [2.05, 4.69) is 41.4 Å². The third-order valence-electron chi connectivity index (χ3n) is 8.78. The maximum Gasteiger partial charge on any atom is 0.335 e. The third-order valence-corrected chi connectivity index (χ3v) is 8.78. The first kappa shape index (κ1) is 31.9. The van der Waals surface area contributed by atoms with Crippen molar-refractivity contribution >= 4 is 23.6 Å². The van der Waals surface area contributed by atoms with Crippen molar-refractivity contribution in [1.29, 1.82) is 0 Å². The van der Waals surface area contributed by atoms with E-state index >= 15 is 0 Å². The van der Waals surface area contributed by atoms with E-state index in [1.54, 1.807) is 20.8 Å². The van der Waals surface area contributed by atoms with Crippen molar-refractivity contribution < 1.29 is 28.6 Å². The number of anilines is 1. The molecule has 0 aromatic heterocycles. The smallest absolute Gasteiger partial charge is 0.335 e. The van der Waals surface area contributed by atoms with Gasteiger partial charge in [0.25, 0.3) is 5.41 Å². The molecule has 1 aromatic carbocycles. The number of likely N-dealkylation sites (tertiary alicyclic amines) is 1. The lowest BCUT2D eigenvalue weighted by molar-refractivity contribution is -0.185. The van der Waals surface area contributed by atoms with Gasteiger partial charge in [0.2, 0.25) is 0 Å². The first-order chi connectivity index (χ1) is 19.3. The number of aryl methyl sites for hydroxylation is 1. The molecular weight excluding hydrogens is 508 g/mol. The van der Waals surface area contributed by atoms with Gasteiger partial charge in [-0.3, -0.25) is 14.4 Å². The van der Waals surface area contributed by atoms with E-state index in [0.717, 1.165) is 64.6 Å². The zero-order valence-corrected chi connectivity index (χ0v) is 25.1. The van der Waals surface area contributed by atoms with Crippen molar-refractivity contribution in [3.05, 3.63) is 29.8 Å². The van der Waals surface area contributed by atoms with Crippen molar-refractivity contribution in [3.8, 4) is 0 Å². The molecule has 1 aliphatic carbocycles. The van der Waals surface area contributed by atoms with Crippen LogP contribution < -0.4 is 5.32 Å². The van der Waals surface area contributed by atoms with Gasteiger partial charge in [-0.1, -0.05) is 37.0 Å². The molecule has 1 heterocycles. The Hall–Kier alpha value is -2.61. The summed E-state index contributed by atoms with van der Waals surface area (Å²) >= 11 is 0. The lowest BCUT2D eigenvalue weighted by Crippen LogP contribution is -2.50. The summed E-state index contributed by atoms with van der Waals surface area (Å²) in [7, 11) is 0. The molecule has 3 rings (SSSR count). The monoisotopic (exact) mass is 558 g/mol. The fourth-order valence-corrected chi connectivity index (χ4v) is 6.28. The molecule has 40 heavy (non-hydrogen) atoms. The van der Waals surface area contributed by atoms with Gasteiger partial charge in [0.05, 0.1) is 19.8 Å². The molecule has 0 atom stereocenters. The molecule has 2 aliphatic rings. The Kier molecular flexibility index (Phi) is 12.3. The minimum absolute atomic E-state index is 0.0357. The summed E-state index contributed by atoms with van der Waals surface area (Å²) in [6, 6.07) is 9.06. The number of esters is 3. The van der Waals surface area contributed by atoms with E-state index in [-0.39, 0.29) is 31.7 Å². The molecule has 0 spiro atoms. The van der Waals surface area contributed by atoms with Crippen molar-refractivity contribution in [2.24, 2.45) is 10.8 Å². The minimum Gasteiger partial charge on any atom is -0.465 e. The van der Waals surface area contributed by atoms with Crippen LogP contribution in [0.1, 0.15) is 90.5 Å². The number of ether oxygens (including phenoxy) is 3. The summed E-state index contributed by atoms with van der Waals surface area (Å²) in [4.78, 5) is 42.2. The van der Waals surface area contributed by atoms with Gasteiger partial charge in [0, 0.05) is 24.8 Å². The highest BCUT2D eigenvalue weighted by Crippen LogP contribution is 2.46. The number of benzene rings is 1. The van der Waals surface area contributed by atoms with Crippen LogP contribution in [0.5, 0.6) is 0 Å². The molecule has 0 bridgehead atoms. The van der Waals surface area contributed by atoms with Crippen LogP contribution in [0.25, 0.3) is 0 Å². The summed E-state index contributed by atoms with van der Waals surface area (Å²) in [6.45, 7) is 10.4. The summed E-state index contributed by atoms with van der Waals surface area (Å²) in [5.74, 6) is -2.58. The van der Waals surface area contributed by atoms with E-state index in [1.807, 2.05) is 0 Å². The van der Waals surface area contributed by atoms with Crippen molar-refractivity contribution in [2.45, 2.75) is 97.9 Å². The predicted octanol–water partition coefficient (Wildman–Crippen LogP) is 5.67. The quantitative estimate of drug-likeness (QED) is 0.177. The molecule has 1 saturated carbocycles. The maximum atomic E-state index is 13.2. The second-order valence-corrected chi connectivity index (χ2v) is 11.5. The molecule has 0 unspecified atom stereocenters. The van der Waals surface area contributed by atoms with E-state index in [4.69, 9.17) is 14.2 Å². The second-order valence-electron chi connectivity index (χ2n) is 11.5. The van der Waals surface area contributed by atoms with Crippen LogP contribution >= 0.6 is 0 Å². The standard InChI is InChI=1S/C32H50N2O6/c1-5-38-28(35)32(29(36)39-6-2,30(37)40-7-3)20-19-31(17-9-8-10-18-31)21-24-34-22-15-27(16-23-34)33-26-13-11-25(4)12-14-26/h11-14,27,33H,5-10,15-24H2,1-4H3. The molecule has 2 fully saturated rings. The third kappa shape index (κ3) is 8.21. The number of piperidine rings is 1. The average Bonchev–Trinajstić information content (AvgIpc) is 2.95. The van der Waals surface area contributed by atoms with Gasteiger partial charge >= 0.3 is 17.9 Å². The first-order valence-electron chi connectivity index (χ1n) is 15.4. The zero-order chi connectivity index (χ0) is 29.0. The van der Waals surface area contributed by atoms with Crippen LogP contribution in [0.4, 0.5) is 5.69 Å². The van der Waals surface area contributed by atoms with E-state index < -0.39 is 23.3 Å². The molecule has 1 saturated heterocycles. The Labute approximate surface area is 240 Å². The highest BCUT2D eigenvalue weighted by molar-refractivity contribution is 6.17. The van der Waals surface area contributed by atoms with E-state index in [0.29, 0.717) is 12.5 Å². The Morgan fingerprint density at radius 1 is 0.850 bits per heavy atom. The number of nitrogens with zero attached hydrogens (tertiary/aromatic N) is 1. The fraction of sp³-hybridized carbons (Fsp3) is 0.719. The topological polar surface area (TPSA) is 94.2 Å². The van der Waals surface area contributed by atoms with Gasteiger partial charge in [0.1, 0.15) is 0 Å². The van der Waals surface area contributed by atoms with Crippen molar-refractivity contribution in [3.63, 3.8) is 0 Å². The number of hydrogen-bond donors (Lipinski definition) is 1. The van der Waals surface area contributed by atoms with Gasteiger partial charge in [-0.25, -0.2) is 0 Å². The van der Waals surface area contributed by atoms with Gasteiger partial charge in [-0.05, 0) is 96.7 Å². The minimum atomic E-state index is -2.08. The molecular formula is C32H50N2O6. The Morgan fingerprint density at radius 3 is 1.88 bits per heavy atom. The van der Waals surface area contributed by atoms with Crippen molar-refractivity contribution in [2.75, 3.05) is 44.8 Å².